The summed E-state index contributed by atoms with van der Waals surface area (Å²) in [6, 6.07) is 0.417. The molecule has 1 aliphatic rings. The molecule has 1 fully saturated rings. The Bertz CT molecular complexity index is 394. The molecule has 2 rings (SSSR count). The first-order chi connectivity index (χ1) is 9.74. The Hall–Kier alpha value is -0.940. The van der Waals surface area contributed by atoms with Gasteiger partial charge >= 0.3 is 0 Å². The molecule has 0 spiro atoms. The van der Waals surface area contributed by atoms with Crippen molar-refractivity contribution in [3.05, 3.63) is 11.7 Å². The van der Waals surface area contributed by atoms with Crippen LogP contribution in [-0.4, -0.2) is 29.8 Å². The van der Waals surface area contributed by atoms with E-state index in [-0.39, 0.29) is 5.60 Å². The first kappa shape index (κ1) is 15.4. The van der Waals surface area contributed by atoms with Crippen molar-refractivity contribution in [3.63, 3.8) is 0 Å². The fraction of sp³-hybridized carbons (Fsp3) is 0.867. The van der Waals surface area contributed by atoms with E-state index < -0.39 is 0 Å². The highest BCUT2D eigenvalue weighted by atomic mass is 16.5. The highest BCUT2D eigenvalue weighted by Gasteiger charge is 2.40. The molecular weight excluding hydrogens is 254 g/mol. The first-order valence-electron chi connectivity index (χ1n) is 7.85. The minimum atomic E-state index is -0.305. The van der Waals surface area contributed by atoms with Crippen LogP contribution < -0.4 is 5.32 Å². The number of aromatic nitrogens is 2. The summed E-state index contributed by atoms with van der Waals surface area (Å²) in [6.07, 6.45) is 7.42. The molecule has 0 saturated heterocycles. The molecule has 0 aromatic carbocycles. The lowest BCUT2D eigenvalue weighted by atomic mass is 10.0. The van der Waals surface area contributed by atoms with Crippen LogP contribution in [0.25, 0.3) is 0 Å². The van der Waals surface area contributed by atoms with Crippen molar-refractivity contribution >= 4 is 0 Å². The van der Waals surface area contributed by atoms with Crippen LogP contribution in [-0.2, 0) is 16.8 Å². The van der Waals surface area contributed by atoms with Crippen molar-refractivity contribution in [2.45, 2.75) is 70.4 Å². The van der Waals surface area contributed by atoms with Gasteiger partial charge in [0, 0.05) is 19.6 Å². The standard InChI is InChI=1S/C15H27N3O2/c1-4-8-12(16-5-2)11-13-17-14(18-20-13)15(19-3)9-6-7-10-15/h12,16H,4-11H2,1-3H3. The van der Waals surface area contributed by atoms with Crippen LogP contribution in [0.5, 0.6) is 0 Å². The molecule has 5 heteroatoms. The summed E-state index contributed by atoms with van der Waals surface area (Å²) in [4.78, 5) is 4.60. The van der Waals surface area contributed by atoms with Crippen LogP contribution in [0.4, 0.5) is 0 Å². The molecule has 0 aliphatic heterocycles. The zero-order chi connectivity index (χ0) is 14.4. The maximum atomic E-state index is 5.70. The highest BCUT2D eigenvalue weighted by Crippen LogP contribution is 2.40. The predicted octanol–water partition coefficient (Wildman–Crippen LogP) is 2.81. The summed E-state index contributed by atoms with van der Waals surface area (Å²) in [5.74, 6) is 1.46. The second kappa shape index (κ2) is 7.18. The van der Waals surface area contributed by atoms with E-state index in [0.29, 0.717) is 6.04 Å². The third-order valence-electron chi connectivity index (χ3n) is 4.23. The Morgan fingerprint density at radius 1 is 1.35 bits per heavy atom. The minimum absolute atomic E-state index is 0.305. The maximum absolute atomic E-state index is 5.70. The summed E-state index contributed by atoms with van der Waals surface area (Å²) in [6.45, 7) is 5.29. The molecule has 5 nitrogen and oxygen atoms in total. The topological polar surface area (TPSA) is 60.2 Å². The lowest BCUT2D eigenvalue weighted by Gasteiger charge is -2.22. The average Bonchev–Trinajstić information content (AvgIpc) is 3.08. The molecule has 1 aliphatic carbocycles. The van der Waals surface area contributed by atoms with Crippen molar-refractivity contribution < 1.29 is 9.26 Å². The first-order valence-corrected chi connectivity index (χ1v) is 7.85. The monoisotopic (exact) mass is 281 g/mol. The number of hydrogen-bond donors (Lipinski definition) is 1. The number of ether oxygens (including phenoxy) is 1. The van der Waals surface area contributed by atoms with Crippen molar-refractivity contribution in [1.82, 2.24) is 15.5 Å². The van der Waals surface area contributed by atoms with Gasteiger partial charge in [-0.3, -0.25) is 0 Å². The molecular formula is C15H27N3O2. The van der Waals surface area contributed by atoms with Gasteiger partial charge in [0.25, 0.3) is 0 Å². The molecule has 1 unspecified atom stereocenters. The van der Waals surface area contributed by atoms with Crippen molar-refractivity contribution in [3.8, 4) is 0 Å². The van der Waals surface area contributed by atoms with Crippen molar-refractivity contribution in [1.29, 1.82) is 0 Å². The lowest BCUT2D eigenvalue weighted by molar-refractivity contribution is -0.0178. The third kappa shape index (κ3) is 3.38. The molecule has 1 aromatic rings. The number of rotatable bonds is 8. The van der Waals surface area contributed by atoms with Gasteiger partial charge in [0.2, 0.25) is 11.7 Å². The van der Waals surface area contributed by atoms with Crippen molar-refractivity contribution in [2.24, 2.45) is 0 Å². The number of likely N-dealkylation sites (N-methyl/N-ethyl adjacent to an activating group) is 1. The molecule has 114 valence electrons. The molecule has 1 atom stereocenters. The summed E-state index contributed by atoms with van der Waals surface area (Å²) < 4.78 is 11.1. The normalized spacial score (nSPS) is 19.4. The van der Waals surface area contributed by atoms with Gasteiger partial charge in [0.05, 0.1) is 0 Å². The highest BCUT2D eigenvalue weighted by molar-refractivity contribution is 5.05. The predicted molar refractivity (Wildman–Crippen MR) is 77.5 cm³/mol. The minimum Gasteiger partial charge on any atom is -0.370 e. The molecule has 20 heavy (non-hydrogen) atoms. The quantitative estimate of drug-likeness (QED) is 0.794. The van der Waals surface area contributed by atoms with Crippen LogP contribution in [0.1, 0.15) is 64.1 Å². The second-order valence-electron chi connectivity index (χ2n) is 5.66. The fourth-order valence-electron chi connectivity index (χ4n) is 3.11. The Kier molecular flexibility index (Phi) is 5.54. The Labute approximate surface area is 121 Å². The fourth-order valence-corrected chi connectivity index (χ4v) is 3.11. The second-order valence-corrected chi connectivity index (χ2v) is 5.66. The Morgan fingerprint density at radius 2 is 2.10 bits per heavy atom. The van der Waals surface area contributed by atoms with Crippen LogP contribution >= 0.6 is 0 Å². The van der Waals surface area contributed by atoms with E-state index >= 15 is 0 Å². The average molecular weight is 281 g/mol. The largest absolute Gasteiger partial charge is 0.370 e. The van der Waals surface area contributed by atoms with E-state index in [1.54, 1.807) is 7.11 Å². The van der Waals surface area contributed by atoms with Gasteiger partial charge in [-0.15, -0.1) is 0 Å². The zero-order valence-corrected chi connectivity index (χ0v) is 12.9. The van der Waals surface area contributed by atoms with Crippen LogP contribution in [0.2, 0.25) is 0 Å². The van der Waals surface area contributed by atoms with Crippen LogP contribution in [0.3, 0.4) is 0 Å². The van der Waals surface area contributed by atoms with Gasteiger partial charge in [0.15, 0.2) is 0 Å². The van der Waals surface area contributed by atoms with E-state index in [2.05, 4.69) is 29.3 Å². The van der Waals surface area contributed by atoms with E-state index in [4.69, 9.17) is 9.26 Å². The summed E-state index contributed by atoms with van der Waals surface area (Å²) in [7, 11) is 1.75. The van der Waals surface area contributed by atoms with Crippen molar-refractivity contribution in [2.75, 3.05) is 13.7 Å². The van der Waals surface area contributed by atoms with Crippen LogP contribution in [0.15, 0.2) is 4.52 Å². The Morgan fingerprint density at radius 3 is 2.70 bits per heavy atom. The lowest BCUT2D eigenvalue weighted by Crippen LogP contribution is -2.31. The smallest absolute Gasteiger partial charge is 0.228 e. The summed E-state index contributed by atoms with van der Waals surface area (Å²) >= 11 is 0. The molecule has 0 bridgehead atoms. The van der Waals surface area contributed by atoms with E-state index in [1.165, 1.54) is 12.8 Å². The van der Waals surface area contributed by atoms with E-state index in [1.807, 2.05) is 0 Å². The number of nitrogens with zero attached hydrogens (tertiary/aromatic N) is 2. The molecule has 1 saturated carbocycles. The van der Waals surface area contributed by atoms with Gasteiger partial charge in [-0.2, -0.15) is 4.98 Å². The molecule has 1 heterocycles. The summed E-state index contributed by atoms with van der Waals surface area (Å²) in [5, 5.41) is 7.65. The SMILES string of the molecule is CCCC(Cc1nc(C2(OC)CCCC2)no1)NCC. The molecule has 0 radical (unpaired) electrons. The van der Waals surface area contributed by atoms with Crippen LogP contribution in [0, 0.1) is 0 Å². The van der Waals surface area contributed by atoms with Gasteiger partial charge in [0.1, 0.15) is 5.60 Å². The van der Waals surface area contributed by atoms with Gasteiger partial charge < -0.3 is 14.6 Å². The molecule has 1 aromatic heterocycles. The number of nitrogens with one attached hydrogen (secondary N) is 1. The van der Waals surface area contributed by atoms with E-state index in [0.717, 1.165) is 50.4 Å². The summed E-state index contributed by atoms with van der Waals surface area (Å²) in [5.41, 5.74) is -0.305. The van der Waals surface area contributed by atoms with Gasteiger partial charge in [-0.25, -0.2) is 0 Å². The maximum Gasteiger partial charge on any atom is 0.228 e. The van der Waals surface area contributed by atoms with Gasteiger partial charge in [-0.1, -0.05) is 25.4 Å². The van der Waals surface area contributed by atoms with E-state index in [9.17, 15) is 0 Å². The molecule has 0 amide bonds. The zero-order valence-electron chi connectivity index (χ0n) is 12.9. The number of methoxy groups -OCH3 is 1. The number of hydrogen-bond acceptors (Lipinski definition) is 5. The Balaban J connectivity index is 2.04. The molecule has 1 N–H and O–H groups in total. The third-order valence-corrected chi connectivity index (χ3v) is 4.23. The van der Waals surface area contributed by atoms with Gasteiger partial charge in [-0.05, 0) is 38.6 Å².